The standard InChI is InChI=1S/C32H33N3O2/c1-4-6-26(7-5-2)31(37)35-18-16-32(17-19-35)28(20-23-8-10-25(22-33)11-9-23)30(36)29(32)21-24-12-14-27(34-3)15-13-24/h8-15,20-21,26H,4-7,16-19H2,1-2H3/b28-20-,29-21-. The number of piperidine rings is 1. The number of carbonyl (C=O) groups excluding carboxylic acids is 2. The monoisotopic (exact) mass is 491 g/mol. The van der Waals surface area contributed by atoms with Crippen molar-refractivity contribution in [2.75, 3.05) is 13.1 Å². The molecule has 2 aliphatic rings. The number of Topliss-reactive ketones (excluding diaryl/α,β-unsaturated/α-hetero) is 1. The van der Waals surface area contributed by atoms with Gasteiger partial charge in [0.2, 0.25) is 5.91 Å². The predicted octanol–water partition coefficient (Wildman–Crippen LogP) is 6.98. The summed E-state index contributed by atoms with van der Waals surface area (Å²) in [4.78, 5) is 32.2. The summed E-state index contributed by atoms with van der Waals surface area (Å²) in [5, 5.41) is 9.12. The van der Waals surface area contributed by atoms with Crippen LogP contribution in [0.4, 0.5) is 5.69 Å². The third-order valence-corrected chi connectivity index (χ3v) is 7.76. The van der Waals surface area contributed by atoms with Crippen LogP contribution in [0.1, 0.15) is 69.1 Å². The Labute approximate surface area is 219 Å². The van der Waals surface area contributed by atoms with Crippen molar-refractivity contribution >= 4 is 29.5 Å². The third-order valence-electron chi connectivity index (χ3n) is 7.76. The van der Waals surface area contributed by atoms with Crippen molar-refractivity contribution < 1.29 is 9.59 Å². The molecule has 0 atom stereocenters. The maximum Gasteiger partial charge on any atom is 0.225 e. The second-order valence-corrected chi connectivity index (χ2v) is 10.1. The van der Waals surface area contributed by atoms with E-state index in [1.165, 1.54) is 0 Å². The van der Waals surface area contributed by atoms with E-state index in [1.54, 1.807) is 24.3 Å². The van der Waals surface area contributed by atoms with Gasteiger partial charge in [0.1, 0.15) is 0 Å². The smallest absolute Gasteiger partial charge is 0.225 e. The molecule has 5 heteroatoms. The number of hydrogen-bond acceptors (Lipinski definition) is 3. The highest BCUT2D eigenvalue weighted by molar-refractivity contribution is 6.23. The first-order chi connectivity index (χ1) is 17.9. The maximum absolute atomic E-state index is 13.5. The van der Waals surface area contributed by atoms with E-state index >= 15 is 0 Å². The fraction of sp³-hybridized carbons (Fsp3) is 0.375. The van der Waals surface area contributed by atoms with Gasteiger partial charge in [0.15, 0.2) is 11.5 Å². The van der Waals surface area contributed by atoms with Gasteiger partial charge in [-0.05, 0) is 61.1 Å². The number of benzene rings is 2. The molecule has 37 heavy (non-hydrogen) atoms. The van der Waals surface area contributed by atoms with Crippen LogP contribution < -0.4 is 0 Å². The van der Waals surface area contributed by atoms with E-state index < -0.39 is 5.41 Å². The molecular weight excluding hydrogens is 458 g/mol. The van der Waals surface area contributed by atoms with Gasteiger partial charge < -0.3 is 4.90 Å². The van der Waals surface area contributed by atoms with Crippen molar-refractivity contribution in [3.05, 3.63) is 87.8 Å². The van der Waals surface area contributed by atoms with Crippen molar-refractivity contribution in [1.82, 2.24) is 4.90 Å². The largest absolute Gasteiger partial charge is 0.342 e. The number of nitrogens with zero attached hydrogens (tertiary/aromatic N) is 3. The molecule has 1 aliphatic carbocycles. The van der Waals surface area contributed by atoms with Crippen molar-refractivity contribution in [2.45, 2.75) is 52.4 Å². The molecule has 188 valence electrons. The second-order valence-electron chi connectivity index (χ2n) is 10.1. The first kappa shape index (κ1) is 26.1. The van der Waals surface area contributed by atoms with E-state index in [4.69, 9.17) is 11.8 Å². The minimum Gasteiger partial charge on any atom is -0.342 e. The van der Waals surface area contributed by atoms with Gasteiger partial charge in [-0.1, -0.05) is 63.1 Å². The van der Waals surface area contributed by atoms with Crippen LogP contribution in [0.15, 0.2) is 59.7 Å². The maximum atomic E-state index is 13.5. The lowest BCUT2D eigenvalue weighted by atomic mass is 9.54. The fourth-order valence-corrected chi connectivity index (χ4v) is 5.70. The highest BCUT2D eigenvalue weighted by atomic mass is 16.2. The molecule has 2 fully saturated rings. The molecule has 2 aromatic carbocycles. The molecule has 1 heterocycles. The van der Waals surface area contributed by atoms with Gasteiger partial charge in [0.25, 0.3) is 0 Å². The van der Waals surface area contributed by atoms with E-state index in [-0.39, 0.29) is 17.6 Å². The molecular formula is C32H33N3O2. The molecule has 4 rings (SSSR count). The van der Waals surface area contributed by atoms with Crippen LogP contribution in [0.25, 0.3) is 17.0 Å². The first-order valence-electron chi connectivity index (χ1n) is 13.2. The SMILES string of the molecule is [C-]#[N+]c1ccc(/C=C2/C(=O)/C(=C/c3ccc(C#N)cc3)C23CCN(C(=O)C(CCC)CCC)CC3)cc1. The summed E-state index contributed by atoms with van der Waals surface area (Å²) >= 11 is 0. The Kier molecular flexibility index (Phi) is 8.04. The molecule has 0 aromatic heterocycles. The van der Waals surface area contributed by atoms with Crippen molar-refractivity contribution in [2.24, 2.45) is 11.3 Å². The highest BCUT2D eigenvalue weighted by Gasteiger charge is 2.54. The number of likely N-dealkylation sites (tertiary alicyclic amines) is 1. The second kappa shape index (κ2) is 11.4. The van der Waals surface area contributed by atoms with Gasteiger partial charge in [-0.15, -0.1) is 0 Å². The summed E-state index contributed by atoms with van der Waals surface area (Å²) in [6.45, 7) is 12.7. The van der Waals surface area contributed by atoms with Gasteiger partial charge in [0.05, 0.1) is 18.2 Å². The number of amides is 1. The minimum absolute atomic E-state index is 0.0354. The normalized spacial score (nSPS) is 18.6. The summed E-state index contributed by atoms with van der Waals surface area (Å²) in [6.07, 6.45) is 9.18. The zero-order valence-corrected chi connectivity index (χ0v) is 21.7. The zero-order valence-electron chi connectivity index (χ0n) is 21.7. The fourth-order valence-electron chi connectivity index (χ4n) is 5.70. The van der Waals surface area contributed by atoms with Crippen LogP contribution >= 0.6 is 0 Å². The quantitative estimate of drug-likeness (QED) is 0.310. The van der Waals surface area contributed by atoms with Crippen LogP contribution in [-0.2, 0) is 9.59 Å². The lowest BCUT2D eigenvalue weighted by molar-refractivity contribution is -0.138. The van der Waals surface area contributed by atoms with Crippen LogP contribution in [0.5, 0.6) is 0 Å². The van der Waals surface area contributed by atoms with Gasteiger partial charge in [0, 0.05) is 35.6 Å². The van der Waals surface area contributed by atoms with Gasteiger partial charge in [-0.2, -0.15) is 5.26 Å². The summed E-state index contributed by atoms with van der Waals surface area (Å²) in [6, 6.07) is 16.7. The lowest BCUT2D eigenvalue weighted by Gasteiger charge is -2.51. The average Bonchev–Trinajstić information content (AvgIpc) is 2.95. The van der Waals surface area contributed by atoms with Gasteiger partial charge >= 0.3 is 0 Å². The number of ketones is 1. The topological polar surface area (TPSA) is 65.5 Å². The van der Waals surface area contributed by atoms with E-state index in [9.17, 15) is 9.59 Å². The zero-order chi connectivity index (χ0) is 26.4. The molecule has 2 aromatic rings. The molecule has 0 N–H and O–H groups in total. The van der Waals surface area contributed by atoms with Crippen molar-refractivity contribution in [3.63, 3.8) is 0 Å². The summed E-state index contributed by atoms with van der Waals surface area (Å²) in [5.74, 6) is 0.368. The predicted molar refractivity (Wildman–Crippen MR) is 146 cm³/mol. The lowest BCUT2D eigenvalue weighted by Crippen LogP contribution is -2.53. The Morgan fingerprint density at radius 1 is 1.00 bits per heavy atom. The van der Waals surface area contributed by atoms with E-state index in [2.05, 4.69) is 24.8 Å². The Morgan fingerprint density at radius 3 is 1.97 bits per heavy atom. The Morgan fingerprint density at radius 2 is 1.51 bits per heavy atom. The molecule has 0 bridgehead atoms. The molecule has 1 saturated heterocycles. The Hall–Kier alpha value is -3.96. The van der Waals surface area contributed by atoms with E-state index in [0.29, 0.717) is 37.2 Å². The molecule has 1 amide bonds. The molecule has 1 saturated carbocycles. The highest BCUT2D eigenvalue weighted by Crippen LogP contribution is 2.56. The number of hydrogen-bond donors (Lipinski definition) is 0. The van der Waals surface area contributed by atoms with Crippen LogP contribution in [0, 0.1) is 29.2 Å². The Balaban J connectivity index is 1.64. The molecule has 1 aliphatic heterocycles. The van der Waals surface area contributed by atoms with E-state index in [1.807, 2.05) is 41.3 Å². The van der Waals surface area contributed by atoms with Crippen LogP contribution in [-0.4, -0.2) is 29.7 Å². The number of rotatable bonds is 7. The van der Waals surface area contributed by atoms with Crippen LogP contribution in [0.2, 0.25) is 0 Å². The number of carbonyl (C=O) groups is 2. The summed E-state index contributed by atoms with van der Waals surface area (Å²) < 4.78 is 0. The molecule has 0 unspecified atom stereocenters. The first-order valence-corrected chi connectivity index (χ1v) is 13.2. The van der Waals surface area contributed by atoms with Gasteiger partial charge in [-0.3, -0.25) is 9.59 Å². The molecule has 1 spiro atoms. The number of nitriles is 1. The molecule has 0 radical (unpaired) electrons. The molecule has 5 nitrogen and oxygen atoms in total. The minimum atomic E-state index is -0.398. The van der Waals surface area contributed by atoms with Crippen molar-refractivity contribution in [3.8, 4) is 6.07 Å². The van der Waals surface area contributed by atoms with E-state index in [0.717, 1.165) is 48.0 Å². The summed E-state index contributed by atoms with van der Waals surface area (Å²) in [5.41, 5.74) is 4.12. The van der Waals surface area contributed by atoms with Gasteiger partial charge in [-0.25, -0.2) is 4.85 Å². The third kappa shape index (κ3) is 5.27. The number of allylic oxidation sites excluding steroid dienone is 2. The Bertz CT molecular complexity index is 1210. The average molecular weight is 492 g/mol. The van der Waals surface area contributed by atoms with Crippen LogP contribution in [0.3, 0.4) is 0 Å². The van der Waals surface area contributed by atoms with Crippen molar-refractivity contribution in [1.29, 1.82) is 5.26 Å². The summed E-state index contributed by atoms with van der Waals surface area (Å²) in [7, 11) is 0.